The molecule has 0 unspecified atom stereocenters. The fraction of sp³-hybridized carbons (Fsp3) is 0.562. The molecule has 116 valence electrons. The highest BCUT2D eigenvalue weighted by Gasteiger charge is 2.14. The number of hydrogen-bond acceptors (Lipinski definition) is 2. The van der Waals surface area contributed by atoms with Gasteiger partial charge in [0.25, 0.3) is 0 Å². The smallest absolute Gasteiger partial charge is 0.319 e. The monoisotopic (exact) mass is 354 g/mol. The van der Waals surface area contributed by atoms with Gasteiger partial charge >= 0.3 is 6.03 Å². The molecule has 2 N–H and O–H groups in total. The first-order valence-electron chi connectivity index (χ1n) is 7.58. The number of carbonyl (C=O) groups is 1. The minimum Gasteiger partial charge on any atom is -0.378 e. The third-order valence-corrected chi connectivity index (χ3v) is 4.57. The van der Waals surface area contributed by atoms with E-state index in [1.54, 1.807) is 0 Å². The number of carbonyl (C=O) groups excluding carboxylic acids is 1. The van der Waals surface area contributed by atoms with Crippen LogP contribution in [0.4, 0.5) is 10.5 Å². The molecule has 4 nitrogen and oxygen atoms in total. The Morgan fingerprint density at radius 3 is 2.86 bits per heavy atom. The summed E-state index contributed by atoms with van der Waals surface area (Å²) in [4.78, 5) is 11.8. The number of rotatable bonds is 6. The average Bonchev–Trinajstić information content (AvgIpc) is 2.96. The van der Waals surface area contributed by atoms with Crippen LogP contribution in [0.3, 0.4) is 0 Å². The van der Waals surface area contributed by atoms with E-state index >= 15 is 0 Å². The van der Waals surface area contributed by atoms with Crippen LogP contribution in [-0.2, 0) is 4.74 Å². The Hall–Kier alpha value is -1.07. The second-order valence-electron chi connectivity index (χ2n) is 5.48. The quantitative estimate of drug-likeness (QED) is 0.751. The van der Waals surface area contributed by atoms with Gasteiger partial charge in [-0.15, -0.1) is 0 Å². The fourth-order valence-corrected chi connectivity index (χ4v) is 2.72. The standard InChI is InChI=1S/C16H23BrN2O2/c1-12-11-13(7-8-15(12)17)19-16(20)18-9-4-10-21-14-5-2-3-6-14/h7-8,11,14H,2-6,9-10H2,1H3,(H2,18,19,20). The number of nitrogens with one attached hydrogen (secondary N) is 2. The van der Waals surface area contributed by atoms with Crippen molar-refractivity contribution in [3.05, 3.63) is 28.2 Å². The van der Waals surface area contributed by atoms with E-state index in [2.05, 4.69) is 26.6 Å². The lowest BCUT2D eigenvalue weighted by molar-refractivity contribution is 0.0572. The number of benzene rings is 1. The predicted octanol–water partition coefficient (Wildman–Crippen LogP) is 4.23. The number of urea groups is 1. The molecule has 0 radical (unpaired) electrons. The zero-order valence-corrected chi connectivity index (χ0v) is 14.0. The highest BCUT2D eigenvalue weighted by molar-refractivity contribution is 9.10. The lowest BCUT2D eigenvalue weighted by Crippen LogP contribution is -2.30. The Labute approximate surface area is 134 Å². The van der Waals surface area contributed by atoms with Gasteiger partial charge in [0, 0.05) is 23.3 Å². The van der Waals surface area contributed by atoms with Gasteiger partial charge in [0.15, 0.2) is 0 Å². The molecule has 5 heteroatoms. The Morgan fingerprint density at radius 1 is 1.38 bits per heavy atom. The molecule has 1 aromatic rings. The molecule has 0 saturated heterocycles. The number of anilines is 1. The number of hydrogen-bond donors (Lipinski definition) is 2. The first-order valence-corrected chi connectivity index (χ1v) is 8.37. The van der Waals surface area contributed by atoms with Crippen LogP contribution in [0.5, 0.6) is 0 Å². The van der Waals surface area contributed by atoms with Crippen LogP contribution in [0, 0.1) is 6.92 Å². The van der Waals surface area contributed by atoms with Gasteiger partial charge in [-0.25, -0.2) is 4.79 Å². The lowest BCUT2D eigenvalue weighted by Gasteiger charge is -2.12. The Balaban J connectivity index is 1.59. The molecule has 0 aromatic heterocycles. The van der Waals surface area contributed by atoms with E-state index in [1.165, 1.54) is 25.7 Å². The van der Waals surface area contributed by atoms with Crippen molar-refractivity contribution in [1.82, 2.24) is 5.32 Å². The number of ether oxygens (including phenoxy) is 1. The van der Waals surface area contributed by atoms with Crippen LogP contribution in [-0.4, -0.2) is 25.3 Å². The average molecular weight is 355 g/mol. The zero-order chi connectivity index (χ0) is 15.1. The molecule has 1 saturated carbocycles. The lowest BCUT2D eigenvalue weighted by atomic mass is 10.2. The van der Waals surface area contributed by atoms with Crippen LogP contribution >= 0.6 is 15.9 Å². The van der Waals surface area contributed by atoms with E-state index in [0.29, 0.717) is 12.6 Å². The minimum atomic E-state index is -0.169. The van der Waals surface area contributed by atoms with Gasteiger partial charge in [-0.3, -0.25) is 0 Å². The molecule has 2 rings (SSSR count). The van der Waals surface area contributed by atoms with Gasteiger partial charge in [0.05, 0.1) is 6.10 Å². The molecule has 1 fully saturated rings. The number of aryl methyl sites for hydroxylation is 1. The van der Waals surface area contributed by atoms with Crippen molar-refractivity contribution < 1.29 is 9.53 Å². The Morgan fingerprint density at radius 2 is 2.14 bits per heavy atom. The van der Waals surface area contributed by atoms with Crippen LogP contribution in [0.15, 0.2) is 22.7 Å². The summed E-state index contributed by atoms with van der Waals surface area (Å²) in [5.41, 5.74) is 1.90. The first kappa shape index (κ1) is 16.3. The summed E-state index contributed by atoms with van der Waals surface area (Å²) in [7, 11) is 0. The summed E-state index contributed by atoms with van der Waals surface area (Å²) < 4.78 is 6.79. The van der Waals surface area contributed by atoms with Gasteiger partial charge in [-0.1, -0.05) is 28.8 Å². The van der Waals surface area contributed by atoms with Gasteiger partial charge in [-0.05, 0) is 49.9 Å². The summed E-state index contributed by atoms with van der Waals surface area (Å²) in [6.07, 6.45) is 6.26. The van der Waals surface area contributed by atoms with Crippen molar-refractivity contribution in [2.45, 2.75) is 45.1 Å². The van der Waals surface area contributed by atoms with Crippen molar-refractivity contribution >= 4 is 27.6 Å². The molecular weight excluding hydrogens is 332 g/mol. The van der Waals surface area contributed by atoms with E-state index in [4.69, 9.17) is 4.74 Å². The van der Waals surface area contributed by atoms with Crippen LogP contribution in [0.2, 0.25) is 0 Å². The second kappa shape index (κ2) is 8.39. The third-order valence-electron chi connectivity index (χ3n) is 3.68. The van der Waals surface area contributed by atoms with Crippen LogP contribution in [0.25, 0.3) is 0 Å². The summed E-state index contributed by atoms with van der Waals surface area (Å²) in [6, 6.07) is 5.57. The maximum atomic E-state index is 11.8. The van der Waals surface area contributed by atoms with Gasteiger partial charge < -0.3 is 15.4 Å². The molecule has 0 heterocycles. The molecule has 1 aliphatic rings. The van der Waals surface area contributed by atoms with Crippen molar-refractivity contribution in [2.24, 2.45) is 0 Å². The number of halogens is 1. The van der Waals surface area contributed by atoms with Gasteiger partial charge in [0.2, 0.25) is 0 Å². The first-order chi connectivity index (χ1) is 10.1. The molecule has 0 atom stereocenters. The molecule has 1 aromatic carbocycles. The van der Waals surface area contributed by atoms with E-state index in [1.807, 2.05) is 25.1 Å². The minimum absolute atomic E-state index is 0.169. The Bertz CT molecular complexity index is 473. The fourth-order valence-electron chi connectivity index (χ4n) is 2.48. The van der Waals surface area contributed by atoms with Crippen molar-refractivity contribution in [1.29, 1.82) is 0 Å². The highest BCUT2D eigenvalue weighted by atomic mass is 79.9. The van der Waals surface area contributed by atoms with Crippen LogP contribution < -0.4 is 10.6 Å². The van der Waals surface area contributed by atoms with E-state index in [0.717, 1.165) is 28.8 Å². The van der Waals surface area contributed by atoms with E-state index in [-0.39, 0.29) is 6.03 Å². The number of amides is 2. The molecule has 21 heavy (non-hydrogen) atoms. The normalized spacial score (nSPS) is 15.1. The molecule has 0 spiro atoms. The SMILES string of the molecule is Cc1cc(NC(=O)NCCCOC2CCCC2)ccc1Br. The summed E-state index contributed by atoms with van der Waals surface area (Å²) in [5, 5.41) is 5.68. The Kier molecular flexibility index (Phi) is 6.51. The van der Waals surface area contributed by atoms with Crippen molar-refractivity contribution in [2.75, 3.05) is 18.5 Å². The van der Waals surface area contributed by atoms with Crippen LogP contribution in [0.1, 0.15) is 37.7 Å². The van der Waals surface area contributed by atoms with Crippen molar-refractivity contribution in [3.8, 4) is 0 Å². The molecule has 1 aliphatic carbocycles. The van der Waals surface area contributed by atoms with E-state index in [9.17, 15) is 4.79 Å². The predicted molar refractivity (Wildman–Crippen MR) is 88.7 cm³/mol. The van der Waals surface area contributed by atoms with Crippen molar-refractivity contribution in [3.63, 3.8) is 0 Å². The molecule has 0 aliphatic heterocycles. The largest absolute Gasteiger partial charge is 0.378 e. The summed E-state index contributed by atoms with van der Waals surface area (Å²) >= 11 is 3.44. The van der Waals surface area contributed by atoms with Gasteiger partial charge in [0.1, 0.15) is 0 Å². The molecular formula is C16H23BrN2O2. The second-order valence-corrected chi connectivity index (χ2v) is 6.33. The highest BCUT2D eigenvalue weighted by Crippen LogP contribution is 2.21. The maximum absolute atomic E-state index is 11.8. The summed E-state index contributed by atoms with van der Waals surface area (Å²) in [6.45, 7) is 3.35. The zero-order valence-electron chi connectivity index (χ0n) is 12.5. The van der Waals surface area contributed by atoms with Gasteiger partial charge in [-0.2, -0.15) is 0 Å². The topological polar surface area (TPSA) is 50.4 Å². The third kappa shape index (κ3) is 5.67. The summed E-state index contributed by atoms with van der Waals surface area (Å²) in [5.74, 6) is 0. The molecule has 2 amide bonds. The molecule has 0 bridgehead atoms. The van der Waals surface area contributed by atoms with E-state index < -0.39 is 0 Å². The maximum Gasteiger partial charge on any atom is 0.319 e.